The maximum atomic E-state index is 12.6. The fraction of sp³-hybridized carbons (Fsp3) is 0.182. The van der Waals surface area contributed by atoms with Crippen LogP contribution in [0.25, 0.3) is 11.5 Å². The van der Waals surface area contributed by atoms with E-state index in [4.69, 9.17) is 4.42 Å². The van der Waals surface area contributed by atoms with Crippen molar-refractivity contribution in [3.8, 4) is 11.5 Å². The number of hydrogen-bond acceptors (Lipinski definition) is 5. The molecule has 0 bridgehead atoms. The number of nitrogens with one attached hydrogen (secondary N) is 1. The molecule has 0 aliphatic rings. The zero-order valence-corrected chi connectivity index (χ0v) is 16.5. The summed E-state index contributed by atoms with van der Waals surface area (Å²) in [4.78, 5) is 17.2. The van der Waals surface area contributed by atoms with E-state index in [2.05, 4.69) is 20.6 Å². The van der Waals surface area contributed by atoms with Crippen molar-refractivity contribution in [2.75, 3.05) is 5.32 Å². The fourth-order valence-corrected chi connectivity index (χ4v) is 3.04. The summed E-state index contributed by atoms with van der Waals surface area (Å²) < 4.78 is 7.47. The van der Waals surface area contributed by atoms with Gasteiger partial charge in [-0.05, 0) is 44.5 Å². The van der Waals surface area contributed by atoms with Crippen LogP contribution < -0.4 is 5.32 Å². The second-order valence-corrected chi connectivity index (χ2v) is 6.84. The zero-order valence-electron chi connectivity index (χ0n) is 16.5. The Morgan fingerprint density at radius 2 is 1.76 bits per heavy atom. The van der Waals surface area contributed by atoms with Gasteiger partial charge in [-0.1, -0.05) is 41.6 Å². The molecule has 146 valence electrons. The van der Waals surface area contributed by atoms with Crippen molar-refractivity contribution >= 4 is 11.6 Å². The second-order valence-electron chi connectivity index (χ2n) is 6.84. The summed E-state index contributed by atoms with van der Waals surface area (Å²) >= 11 is 0. The van der Waals surface area contributed by atoms with E-state index in [1.807, 2.05) is 75.4 Å². The van der Waals surface area contributed by atoms with Crippen LogP contribution in [0.15, 0.2) is 59.0 Å². The predicted molar refractivity (Wildman–Crippen MR) is 110 cm³/mol. The van der Waals surface area contributed by atoms with Gasteiger partial charge in [-0.3, -0.25) is 4.79 Å². The SMILES string of the molecule is Cc1ccccc1NC(=O)c1nnn(Cc2nc(-c3ccccc3)oc2C)c1C. The number of para-hydroxylation sites is 1. The van der Waals surface area contributed by atoms with Crippen LogP contribution in [0.1, 0.15) is 33.2 Å². The van der Waals surface area contributed by atoms with E-state index in [0.717, 1.165) is 22.5 Å². The molecule has 2 aromatic heterocycles. The van der Waals surface area contributed by atoms with Crippen LogP contribution in [-0.2, 0) is 6.54 Å². The predicted octanol–water partition coefficient (Wildman–Crippen LogP) is 4.16. The third-order valence-electron chi connectivity index (χ3n) is 4.80. The Bertz CT molecular complexity index is 1160. The maximum absolute atomic E-state index is 12.6. The van der Waals surface area contributed by atoms with Crippen LogP contribution in [0.3, 0.4) is 0 Å². The summed E-state index contributed by atoms with van der Waals surface area (Å²) in [5, 5.41) is 11.1. The zero-order chi connectivity index (χ0) is 20.4. The molecule has 0 fully saturated rings. The number of amides is 1. The number of rotatable bonds is 5. The monoisotopic (exact) mass is 387 g/mol. The lowest BCUT2D eigenvalue weighted by Crippen LogP contribution is -2.15. The first-order valence-electron chi connectivity index (χ1n) is 9.31. The minimum absolute atomic E-state index is 0.287. The molecule has 0 aliphatic heterocycles. The molecule has 2 heterocycles. The summed E-state index contributed by atoms with van der Waals surface area (Å²) in [6.07, 6.45) is 0. The Kier molecular flexibility index (Phi) is 4.95. The maximum Gasteiger partial charge on any atom is 0.278 e. The first-order chi connectivity index (χ1) is 14.0. The minimum Gasteiger partial charge on any atom is -0.441 e. The van der Waals surface area contributed by atoms with E-state index in [0.29, 0.717) is 23.9 Å². The van der Waals surface area contributed by atoms with Gasteiger partial charge in [0.2, 0.25) is 5.89 Å². The molecule has 0 radical (unpaired) electrons. The van der Waals surface area contributed by atoms with Gasteiger partial charge in [0, 0.05) is 11.3 Å². The standard InChI is InChI=1S/C22H21N5O2/c1-14-9-7-8-12-18(14)23-21(28)20-15(2)27(26-25-20)13-19-16(3)29-22(24-19)17-10-5-4-6-11-17/h4-12H,13H2,1-3H3,(H,23,28). The van der Waals surface area contributed by atoms with Crippen LogP contribution >= 0.6 is 0 Å². The Morgan fingerprint density at radius 3 is 2.52 bits per heavy atom. The Hall–Kier alpha value is -3.74. The highest BCUT2D eigenvalue weighted by atomic mass is 16.4. The first kappa shape index (κ1) is 18.6. The van der Waals surface area contributed by atoms with E-state index < -0.39 is 0 Å². The molecule has 0 saturated heterocycles. The lowest BCUT2D eigenvalue weighted by atomic mass is 10.2. The number of anilines is 1. The summed E-state index contributed by atoms with van der Waals surface area (Å²) in [7, 11) is 0. The van der Waals surface area contributed by atoms with Crippen molar-refractivity contribution in [1.29, 1.82) is 0 Å². The average molecular weight is 387 g/mol. The first-order valence-corrected chi connectivity index (χ1v) is 9.31. The summed E-state index contributed by atoms with van der Waals surface area (Å²) in [5.41, 5.74) is 4.36. The third kappa shape index (κ3) is 3.80. The van der Waals surface area contributed by atoms with Gasteiger partial charge in [-0.25, -0.2) is 9.67 Å². The van der Waals surface area contributed by atoms with Gasteiger partial charge >= 0.3 is 0 Å². The topological polar surface area (TPSA) is 85.8 Å². The van der Waals surface area contributed by atoms with Crippen molar-refractivity contribution in [3.05, 3.63) is 83.0 Å². The Labute approximate surface area is 168 Å². The van der Waals surface area contributed by atoms with Crippen LogP contribution in [0, 0.1) is 20.8 Å². The molecular formula is C22H21N5O2. The third-order valence-corrected chi connectivity index (χ3v) is 4.80. The highest BCUT2D eigenvalue weighted by molar-refractivity contribution is 6.03. The van der Waals surface area contributed by atoms with E-state index in [1.54, 1.807) is 4.68 Å². The van der Waals surface area contributed by atoms with Crippen molar-refractivity contribution in [2.45, 2.75) is 27.3 Å². The number of carbonyl (C=O) groups excluding carboxylic acids is 1. The molecule has 7 heteroatoms. The van der Waals surface area contributed by atoms with Gasteiger partial charge in [-0.2, -0.15) is 0 Å². The Morgan fingerprint density at radius 1 is 1.03 bits per heavy atom. The van der Waals surface area contributed by atoms with Crippen LogP contribution in [0.5, 0.6) is 0 Å². The average Bonchev–Trinajstić information content (AvgIpc) is 3.27. The minimum atomic E-state index is -0.287. The summed E-state index contributed by atoms with van der Waals surface area (Å²) in [6, 6.07) is 17.3. The van der Waals surface area contributed by atoms with E-state index in [-0.39, 0.29) is 11.6 Å². The van der Waals surface area contributed by atoms with Crippen molar-refractivity contribution < 1.29 is 9.21 Å². The lowest BCUT2D eigenvalue weighted by Gasteiger charge is -2.07. The molecule has 0 aliphatic carbocycles. The van der Waals surface area contributed by atoms with Crippen molar-refractivity contribution in [3.63, 3.8) is 0 Å². The van der Waals surface area contributed by atoms with Gasteiger partial charge in [0.05, 0.1) is 12.2 Å². The molecule has 4 rings (SSSR count). The number of hydrogen-bond donors (Lipinski definition) is 1. The van der Waals surface area contributed by atoms with E-state index >= 15 is 0 Å². The molecule has 4 aromatic rings. The quantitative estimate of drug-likeness (QED) is 0.556. The summed E-state index contributed by atoms with van der Waals surface area (Å²) in [5.74, 6) is 0.989. The smallest absolute Gasteiger partial charge is 0.278 e. The fourth-order valence-electron chi connectivity index (χ4n) is 3.04. The number of carbonyl (C=O) groups is 1. The Balaban J connectivity index is 1.54. The number of aromatic nitrogens is 4. The second kappa shape index (κ2) is 7.71. The highest BCUT2D eigenvalue weighted by Crippen LogP contribution is 2.22. The van der Waals surface area contributed by atoms with Crippen LogP contribution in [-0.4, -0.2) is 25.9 Å². The number of aryl methyl sites for hydroxylation is 2. The number of oxazole rings is 1. The molecule has 1 N–H and O–H groups in total. The molecule has 1 amide bonds. The molecule has 0 spiro atoms. The largest absolute Gasteiger partial charge is 0.441 e. The molecule has 0 unspecified atom stereocenters. The van der Waals surface area contributed by atoms with Crippen molar-refractivity contribution in [2.24, 2.45) is 0 Å². The van der Waals surface area contributed by atoms with E-state index in [1.165, 1.54) is 0 Å². The van der Waals surface area contributed by atoms with E-state index in [9.17, 15) is 4.79 Å². The highest BCUT2D eigenvalue weighted by Gasteiger charge is 2.19. The molecular weight excluding hydrogens is 366 g/mol. The van der Waals surface area contributed by atoms with Gasteiger partial charge < -0.3 is 9.73 Å². The van der Waals surface area contributed by atoms with Gasteiger partial charge in [0.1, 0.15) is 11.5 Å². The number of nitrogens with zero attached hydrogens (tertiary/aromatic N) is 4. The molecule has 7 nitrogen and oxygen atoms in total. The summed E-state index contributed by atoms with van der Waals surface area (Å²) in [6.45, 7) is 6.00. The normalized spacial score (nSPS) is 10.9. The van der Waals surface area contributed by atoms with Crippen LogP contribution in [0.2, 0.25) is 0 Å². The van der Waals surface area contributed by atoms with Gasteiger partial charge in [0.15, 0.2) is 5.69 Å². The van der Waals surface area contributed by atoms with Crippen LogP contribution in [0.4, 0.5) is 5.69 Å². The molecule has 2 aromatic carbocycles. The van der Waals surface area contributed by atoms with Gasteiger partial charge in [-0.15, -0.1) is 5.10 Å². The molecule has 0 saturated carbocycles. The number of benzene rings is 2. The molecule has 0 atom stereocenters. The lowest BCUT2D eigenvalue weighted by molar-refractivity contribution is 0.102. The van der Waals surface area contributed by atoms with Gasteiger partial charge in [0.25, 0.3) is 5.91 Å². The molecule has 29 heavy (non-hydrogen) atoms. The van der Waals surface area contributed by atoms with Crippen molar-refractivity contribution in [1.82, 2.24) is 20.0 Å².